The van der Waals surface area contributed by atoms with Gasteiger partial charge >= 0.3 is 12.4 Å². The zero-order chi connectivity index (χ0) is 28.6. The number of alkyl halides is 8. The minimum Gasteiger partial charge on any atom is -0.349 e. The van der Waals surface area contributed by atoms with Crippen LogP contribution in [0, 0.1) is 0 Å². The van der Waals surface area contributed by atoms with Crippen LogP contribution < -0.4 is 5.32 Å². The fourth-order valence-electron chi connectivity index (χ4n) is 3.95. The van der Waals surface area contributed by atoms with Crippen LogP contribution in [0.1, 0.15) is 58.6 Å². The maximum atomic E-state index is 15.0. The molecule has 0 bridgehead atoms. The Balaban J connectivity index is 1.96. The van der Waals surface area contributed by atoms with E-state index in [0.29, 0.717) is 12.1 Å². The van der Waals surface area contributed by atoms with Gasteiger partial charge in [0.2, 0.25) is 5.92 Å². The summed E-state index contributed by atoms with van der Waals surface area (Å²) in [7, 11) is 0. The van der Waals surface area contributed by atoms with Crippen LogP contribution in [0.2, 0.25) is 15.1 Å². The van der Waals surface area contributed by atoms with Crippen molar-refractivity contribution in [3.63, 3.8) is 0 Å². The van der Waals surface area contributed by atoms with Crippen LogP contribution in [0.3, 0.4) is 0 Å². The highest BCUT2D eigenvalue weighted by Crippen LogP contribution is 2.43. The van der Waals surface area contributed by atoms with Gasteiger partial charge in [0.25, 0.3) is 5.91 Å². The molecule has 2 aromatic carbocycles. The van der Waals surface area contributed by atoms with E-state index in [1.54, 1.807) is 0 Å². The van der Waals surface area contributed by atoms with Crippen LogP contribution in [0.25, 0.3) is 5.83 Å². The van der Waals surface area contributed by atoms with Crippen molar-refractivity contribution in [1.82, 2.24) is 5.32 Å². The van der Waals surface area contributed by atoms with E-state index in [1.165, 1.54) is 0 Å². The van der Waals surface area contributed by atoms with Crippen molar-refractivity contribution in [3.05, 3.63) is 73.7 Å². The number of hydrogen-bond donors (Lipinski definition) is 1. The van der Waals surface area contributed by atoms with Crippen molar-refractivity contribution < 1.29 is 44.3 Å². The van der Waals surface area contributed by atoms with E-state index in [2.05, 4.69) is 5.32 Å². The number of benzene rings is 2. The SMILES string of the molecule is O=C(NC1CCC(F)(F)CC1)c1ccc(/C(F)=C/C(c2cc(Cl)c(Cl)c(Cl)c2)C(F)(F)F)cc1C(F)(F)F. The highest BCUT2D eigenvalue weighted by Gasteiger charge is 2.41. The quantitative estimate of drug-likeness (QED) is 0.264. The van der Waals surface area contributed by atoms with Crippen LogP contribution in [0.4, 0.5) is 39.5 Å². The second-order valence-electron chi connectivity index (χ2n) is 8.69. The average molecular weight is 613 g/mol. The van der Waals surface area contributed by atoms with E-state index >= 15 is 0 Å². The maximum Gasteiger partial charge on any atom is 0.417 e. The second-order valence-corrected chi connectivity index (χ2v) is 9.89. The first kappa shape index (κ1) is 30.4. The number of halogens is 12. The van der Waals surface area contributed by atoms with E-state index in [9.17, 15) is 44.3 Å². The Morgan fingerprint density at radius 2 is 1.53 bits per heavy atom. The molecule has 0 aliphatic heterocycles. The van der Waals surface area contributed by atoms with Gasteiger partial charge in [0.15, 0.2) is 0 Å². The third kappa shape index (κ3) is 7.30. The van der Waals surface area contributed by atoms with Gasteiger partial charge in [-0.25, -0.2) is 13.2 Å². The fourth-order valence-corrected chi connectivity index (χ4v) is 4.56. The zero-order valence-electron chi connectivity index (χ0n) is 18.9. The molecule has 1 amide bonds. The first-order valence-corrected chi connectivity index (χ1v) is 12.0. The molecule has 1 N–H and O–H groups in total. The van der Waals surface area contributed by atoms with Gasteiger partial charge in [-0.3, -0.25) is 4.79 Å². The van der Waals surface area contributed by atoms with Crippen molar-refractivity contribution in [2.24, 2.45) is 0 Å². The lowest BCUT2D eigenvalue weighted by atomic mass is 9.91. The Bertz CT molecular complexity index is 1210. The molecule has 0 spiro atoms. The van der Waals surface area contributed by atoms with Crippen LogP contribution in [-0.4, -0.2) is 24.0 Å². The number of carbonyl (C=O) groups excluding carboxylic acids is 1. The minimum absolute atomic E-state index is 0.0489. The minimum atomic E-state index is -5.19. The molecule has 1 unspecified atom stereocenters. The predicted octanol–water partition coefficient (Wildman–Crippen LogP) is 9.63. The molecule has 0 saturated heterocycles. The third-order valence-corrected chi connectivity index (χ3v) is 7.13. The third-order valence-electron chi connectivity index (χ3n) is 5.93. The van der Waals surface area contributed by atoms with E-state index < -0.39 is 77.1 Å². The second kappa shape index (κ2) is 11.2. The number of hydrogen-bond acceptors (Lipinski definition) is 1. The van der Waals surface area contributed by atoms with Crippen molar-refractivity contribution >= 4 is 46.5 Å². The summed E-state index contributed by atoms with van der Waals surface area (Å²) in [6, 6.07) is 2.31. The molecule has 0 radical (unpaired) electrons. The molecule has 2 aromatic rings. The topological polar surface area (TPSA) is 29.1 Å². The molecule has 1 fully saturated rings. The van der Waals surface area contributed by atoms with Gasteiger partial charge in [-0.1, -0.05) is 40.9 Å². The van der Waals surface area contributed by atoms with Crippen LogP contribution in [0.15, 0.2) is 36.4 Å². The summed E-state index contributed by atoms with van der Waals surface area (Å²) in [4.78, 5) is 12.5. The van der Waals surface area contributed by atoms with Crippen molar-refractivity contribution in [3.8, 4) is 0 Å². The van der Waals surface area contributed by atoms with Gasteiger partial charge in [-0.15, -0.1) is 0 Å². The molecule has 0 aromatic heterocycles. The van der Waals surface area contributed by atoms with Gasteiger partial charge < -0.3 is 5.32 Å². The smallest absolute Gasteiger partial charge is 0.349 e. The number of allylic oxidation sites excluding steroid dienone is 1. The van der Waals surface area contributed by atoms with E-state index in [0.717, 1.165) is 12.1 Å². The standard InChI is InChI=1S/C24H17Cl3F9NO/c25-17-8-12(9-18(26)20(17)27)15(23(31,32)33)10-19(28)11-1-2-14(16(7-11)24(34,35)36)21(38)37-13-3-5-22(29,30)6-4-13/h1-2,7-10,13,15H,3-6H2,(H,37,38)/b19-10-. The van der Waals surface area contributed by atoms with Gasteiger partial charge in [0, 0.05) is 24.4 Å². The lowest BCUT2D eigenvalue weighted by Crippen LogP contribution is -2.40. The first-order valence-electron chi connectivity index (χ1n) is 10.9. The van der Waals surface area contributed by atoms with Crippen LogP contribution in [-0.2, 0) is 6.18 Å². The molecule has 2 nitrogen and oxygen atoms in total. The molecule has 1 aliphatic carbocycles. The van der Waals surface area contributed by atoms with Gasteiger partial charge in [-0.2, -0.15) is 26.3 Å². The summed E-state index contributed by atoms with van der Waals surface area (Å²) in [5, 5.41) is 1.31. The summed E-state index contributed by atoms with van der Waals surface area (Å²) in [6.07, 6.45) is -11.7. The Labute approximate surface area is 225 Å². The Hall–Kier alpha value is -2.11. The Kier molecular flexibility index (Phi) is 8.95. The monoisotopic (exact) mass is 611 g/mol. The largest absolute Gasteiger partial charge is 0.417 e. The predicted molar refractivity (Wildman–Crippen MR) is 125 cm³/mol. The van der Waals surface area contributed by atoms with Crippen molar-refractivity contribution in [2.75, 3.05) is 0 Å². The summed E-state index contributed by atoms with van der Waals surface area (Å²) in [5.74, 6) is -8.49. The van der Waals surface area contributed by atoms with Gasteiger partial charge in [-0.05, 0) is 48.7 Å². The zero-order valence-corrected chi connectivity index (χ0v) is 21.2. The van der Waals surface area contributed by atoms with Crippen LogP contribution in [0.5, 0.6) is 0 Å². The van der Waals surface area contributed by atoms with Crippen LogP contribution >= 0.6 is 34.8 Å². The molecule has 1 saturated carbocycles. The van der Waals surface area contributed by atoms with Crippen molar-refractivity contribution in [1.29, 1.82) is 0 Å². The van der Waals surface area contributed by atoms with Gasteiger partial charge in [0.05, 0.1) is 26.2 Å². The molecule has 38 heavy (non-hydrogen) atoms. The summed E-state index contributed by atoms with van der Waals surface area (Å²) in [6.45, 7) is 0. The first-order chi connectivity index (χ1) is 17.4. The Morgan fingerprint density at radius 3 is 2.03 bits per heavy atom. The van der Waals surface area contributed by atoms with E-state index in [-0.39, 0.29) is 40.1 Å². The molecule has 1 atom stereocenters. The van der Waals surface area contributed by atoms with E-state index in [1.807, 2.05) is 0 Å². The summed E-state index contributed by atoms with van der Waals surface area (Å²) < 4.78 is 124. The fraction of sp³-hybridized carbons (Fsp3) is 0.375. The summed E-state index contributed by atoms with van der Waals surface area (Å²) >= 11 is 17.3. The average Bonchev–Trinajstić information content (AvgIpc) is 2.80. The number of rotatable bonds is 5. The molecule has 3 rings (SSSR count). The highest BCUT2D eigenvalue weighted by atomic mass is 35.5. The maximum absolute atomic E-state index is 15.0. The highest BCUT2D eigenvalue weighted by molar-refractivity contribution is 6.48. The molecule has 14 heteroatoms. The molecule has 0 heterocycles. The van der Waals surface area contributed by atoms with E-state index in [4.69, 9.17) is 34.8 Å². The molecule has 208 valence electrons. The lowest BCUT2D eigenvalue weighted by molar-refractivity contribution is -0.140. The molecule has 1 aliphatic rings. The molecular formula is C24H17Cl3F9NO. The Morgan fingerprint density at radius 1 is 0.974 bits per heavy atom. The lowest BCUT2D eigenvalue weighted by Gasteiger charge is -2.29. The normalized spacial score (nSPS) is 17.8. The number of amides is 1. The van der Waals surface area contributed by atoms with Crippen molar-refractivity contribution in [2.45, 2.75) is 55.9 Å². The molecular weight excluding hydrogens is 596 g/mol. The van der Waals surface area contributed by atoms with Gasteiger partial charge in [0.1, 0.15) is 11.7 Å². The summed E-state index contributed by atoms with van der Waals surface area (Å²) in [5.41, 5.74) is -4.04. The number of carbonyl (C=O) groups is 1. The number of nitrogens with one attached hydrogen (secondary N) is 1.